The largest absolute Gasteiger partial charge is 0.462 e. The van der Waals surface area contributed by atoms with Gasteiger partial charge in [0.15, 0.2) is 0 Å². The summed E-state index contributed by atoms with van der Waals surface area (Å²) < 4.78 is 24.3. The SMILES string of the molecule is [2H]C[C@H]1O[C@@H](n2cc(C(=O)OCC)c(=O)[nH]c2=O)[C@@H](C)C1O.[3H]OC. The van der Waals surface area contributed by atoms with Crippen LogP contribution in [-0.4, -0.2) is 53.1 Å². The molecule has 1 saturated heterocycles. The van der Waals surface area contributed by atoms with Crippen LogP contribution in [0.5, 0.6) is 0 Å². The second-order valence-corrected chi connectivity index (χ2v) is 4.84. The van der Waals surface area contributed by atoms with E-state index in [0.29, 0.717) is 0 Å². The summed E-state index contributed by atoms with van der Waals surface area (Å²) in [6.07, 6.45) is -1.44. The van der Waals surface area contributed by atoms with Gasteiger partial charge in [-0.15, -0.1) is 0 Å². The summed E-state index contributed by atoms with van der Waals surface area (Å²) in [5.41, 5.74) is -1.92. The molecule has 2 heterocycles. The van der Waals surface area contributed by atoms with E-state index in [9.17, 15) is 19.5 Å². The molecule has 9 nitrogen and oxygen atoms in total. The zero-order chi connectivity index (χ0) is 19.1. The van der Waals surface area contributed by atoms with Gasteiger partial charge in [0, 0.05) is 20.6 Å². The van der Waals surface area contributed by atoms with E-state index in [-0.39, 0.29) is 19.1 Å². The summed E-state index contributed by atoms with van der Waals surface area (Å²) >= 11 is 0. The van der Waals surface area contributed by atoms with Gasteiger partial charge in [-0.1, -0.05) is 6.92 Å². The fourth-order valence-electron chi connectivity index (χ4n) is 2.24. The Morgan fingerprint density at radius 1 is 1.65 bits per heavy atom. The number of aliphatic hydroxyl groups excluding tert-OH is 2. The van der Waals surface area contributed by atoms with Crippen LogP contribution in [0.4, 0.5) is 0 Å². The van der Waals surface area contributed by atoms with Crippen molar-refractivity contribution in [3.05, 3.63) is 32.6 Å². The van der Waals surface area contributed by atoms with Crippen LogP contribution in [-0.2, 0) is 9.47 Å². The molecule has 4 atom stereocenters. The fraction of sp³-hybridized carbons (Fsp3) is 0.643. The van der Waals surface area contributed by atoms with Crippen molar-refractivity contribution in [2.45, 2.75) is 39.2 Å². The summed E-state index contributed by atoms with van der Waals surface area (Å²) in [6.45, 7) is 3.18. The quantitative estimate of drug-likeness (QED) is 0.619. The number of carbonyl (C=O) groups excluding carboxylic acids is 1. The number of carbonyl (C=O) groups is 1. The number of aliphatic hydroxyl groups is 2. The maximum atomic E-state index is 12.0. The first-order valence-corrected chi connectivity index (χ1v) is 6.96. The highest BCUT2D eigenvalue weighted by Gasteiger charge is 2.40. The van der Waals surface area contributed by atoms with E-state index < -0.39 is 41.6 Å². The van der Waals surface area contributed by atoms with E-state index in [1.807, 2.05) is 4.98 Å². The molecule has 0 spiro atoms. The summed E-state index contributed by atoms with van der Waals surface area (Å²) in [5, 5.41) is 13.5. The van der Waals surface area contributed by atoms with Gasteiger partial charge in [0.05, 0.1) is 18.8 Å². The van der Waals surface area contributed by atoms with Crippen LogP contribution in [0, 0.1) is 5.92 Å². The third kappa shape index (κ3) is 3.87. The second-order valence-electron chi connectivity index (χ2n) is 4.84. The molecule has 23 heavy (non-hydrogen) atoms. The van der Waals surface area contributed by atoms with E-state index in [4.69, 9.17) is 12.3 Å². The molecule has 0 saturated carbocycles. The number of aromatic amines is 1. The van der Waals surface area contributed by atoms with Gasteiger partial charge in [-0.25, -0.2) is 9.59 Å². The lowest BCUT2D eigenvalue weighted by molar-refractivity contribution is -0.0145. The zero-order valence-corrected chi connectivity index (χ0v) is 13.1. The zero-order valence-electron chi connectivity index (χ0n) is 15.1. The average Bonchev–Trinajstić information content (AvgIpc) is 2.84. The normalized spacial score (nSPS) is 27.5. The molecule has 9 heteroatoms. The lowest BCUT2D eigenvalue weighted by Crippen LogP contribution is -2.37. The highest BCUT2D eigenvalue weighted by Crippen LogP contribution is 2.33. The molecule has 0 aromatic carbocycles. The lowest BCUT2D eigenvalue weighted by Gasteiger charge is -2.18. The number of esters is 1. The number of ether oxygens (including phenoxy) is 2. The number of hydrogen-bond donors (Lipinski definition) is 3. The summed E-state index contributed by atoms with van der Waals surface area (Å²) in [6, 6.07) is 0. The molecule has 1 aliphatic heterocycles. The first-order valence-electron chi connectivity index (χ1n) is 8.08. The van der Waals surface area contributed by atoms with Crippen LogP contribution in [0.2, 0.25) is 0 Å². The van der Waals surface area contributed by atoms with Crippen molar-refractivity contribution in [3.63, 3.8) is 0 Å². The van der Waals surface area contributed by atoms with Gasteiger partial charge in [0.1, 0.15) is 11.8 Å². The number of rotatable bonds is 3. The van der Waals surface area contributed by atoms with Gasteiger partial charge in [-0.2, -0.15) is 0 Å². The van der Waals surface area contributed by atoms with Crippen molar-refractivity contribution in [2.24, 2.45) is 5.92 Å². The highest BCUT2D eigenvalue weighted by molar-refractivity contribution is 5.88. The summed E-state index contributed by atoms with van der Waals surface area (Å²) in [7, 11) is 1.29. The summed E-state index contributed by atoms with van der Waals surface area (Å²) in [4.78, 5) is 37.4. The molecule has 130 valence electrons. The van der Waals surface area contributed by atoms with E-state index in [1.165, 1.54) is 7.11 Å². The Bertz CT molecular complexity index is 690. The van der Waals surface area contributed by atoms with Crippen LogP contribution >= 0.6 is 0 Å². The van der Waals surface area contributed by atoms with Crippen LogP contribution in [0.3, 0.4) is 0 Å². The van der Waals surface area contributed by atoms with Crippen LogP contribution in [0.15, 0.2) is 15.8 Å². The molecular weight excluding hydrogens is 308 g/mol. The van der Waals surface area contributed by atoms with Crippen molar-refractivity contribution >= 4 is 5.97 Å². The Morgan fingerprint density at radius 2 is 2.30 bits per heavy atom. The van der Waals surface area contributed by atoms with E-state index >= 15 is 0 Å². The molecule has 0 amide bonds. The maximum Gasteiger partial charge on any atom is 0.345 e. The van der Waals surface area contributed by atoms with Crippen molar-refractivity contribution < 1.29 is 25.9 Å². The Labute approximate surface area is 135 Å². The molecule has 1 aliphatic rings. The van der Waals surface area contributed by atoms with E-state index in [1.54, 1.807) is 13.8 Å². The van der Waals surface area contributed by atoms with Gasteiger partial charge in [0.2, 0.25) is 1.43 Å². The molecule has 1 aromatic rings. The Hall–Kier alpha value is -1.97. The molecule has 1 unspecified atom stereocenters. The van der Waals surface area contributed by atoms with Crippen molar-refractivity contribution in [1.82, 2.24) is 9.55 Å². The van der Waals surface area contributed by atoms with Gasteiger partial charge < -0.3 is 19.7 Å². The van der Waals surface area contributed by atoms with Gasteiger partial charge >= 0.3 is 11.7 Å². The number of aromatic nitrogens is 2. The predicted octanol–water partition coefficient (Wildman–Crippen LogP) is -0.764. The fourth-order valence-corrected chi connectivity index (χ4v) is 2.24. The first-order chi connectivity index (χ1) is 11.8. The third-order valence-electron chi connectivity index (χ3n) is 3.42. The minimum atomic E-state index is -0.910. The van der Waals surface area contributed by atoms with Crippen LogP contribution in [0.1, 0.15) is 38.7 Å². The van der Waals surface area contributed by atoms with Crippen LogP contribution < -0.4 is 11.2 Å². The van der Waals surface area contributed by atoms with Crippen LogP contribution in [0.25, 0.3) is 0 Å². The van der Waals surface area contributed by atoms with Crippen molar-refractivity contribution in [1.29, 1.82) is 1.43 Å². The topological polar surface area (TPSA) is 131 Å². The Balaban J connectivity index is 0.000000970. The minimum Gasteiger partial charge on any atom is -0.462 e. The molecule has 1 aromatic heterocycles. The van der Waals surface area contributed by atoms with Gasteiger partial charge in [-0.05, 0) is 13.8 Å². The molecule has 3 N–H and O–H groups in total. The molecule has 0 aliphatic carbocycles. The van der Waals surface area contributed by atoms with Crippen molar-refractivity contribution in [3.8, 4) is 0 Å². The molecule has 0 bridgehead atoms. The van der Waals surface area contributed by atoms with Gasteiger partial charge in [-0.3, -0.25) is 14.3 Å². The predicted molar refractivity (Wildman–Crippen MR) is 80.2 cm³/mol. The number of H-pyrrole nitrogens is 1. The van der Waals surface area contributed by atoms with E-state index in [2.05, 4.69) is 5.11 Å². The maximum absolute atomic E-state index is 12.0. The minimum absolute atomic E-state index is 0.0906. The molecule has 0 radical (unpaired) electrons. The van der Waals surface area contributed by atoms with Gasteiger partial charge in [0.25, 0.3) is 5.56 Å². The first kappa shape index (κ1) is 15.9. The monoisotopic (exact) mass is 333 g/mol. The lowest BCUT2D eigenvalue weighted by atomic mass is 10.0. The Kier molecular flexibility index (Phi) is 5.56. The number of hydrogen-bond acceptors (Lipinski definition) is 7. The Morgan fingerprint density at radius 3 is 2.83 bits per heavy atom. The smallest absolute Gasteiger partial charge is 0.345 e. The molecular formula is C14H22N2O7. The molecule has 2 rings (SSSR count). The molecule has 1 fully saturated rings. The number of nitrogens with zero attached hydrogens (tertiary/aromatic N) is 1. The van der Waals surface area contributed by atoms with Crippen molar-refractivity contribution in [2.75, 3.05) is 13.7 Å². The highest BCUT2D eigenvalue weighted by atomic mass is 16.5. The van der Waals surface area contributed by atoms with E-state index in [0.717, 1.165) is 10.8 Å². The standard InChI is InChI=1S/C13H18N2O6.CH4O/c1-4-20-12(18)8-5-15(13(19)14-10(8)17)11-6(2)9(16)7(3)21-11;1-2/h5-7,9,11,16H,4H2,1-3H3,(H,14,17,19);2H,1H3/t6-,7+,9?,11+;/m0./s1/i3D;2T. The average molecular weight is 333 g/mol. The number of nitrogens with one attached hydrogen (secondary N) is 1. The summed E-state index contributed by atoms with van der Waals surface area (Å²) in [5.74, 6) is -1.32. The second kappa shape index (κ2) is 8.04. The third-order valence-corrected chi connectivity index (χ3v) is 3.42.